The maximum atomic E-state index is 11.5. The van der Waals surface area contributed by atoms with Gasteiger partial charge >= 0.3 is 5.97 Å². The Bertz CT molecular complexity index is 321. The first-order valence-electron chi connectivity index (χ1n) is 7.66. The quantitative estimate of drug-likeness (QED) is 0.831. The van der Waals surface area contributed by atoms with Gasteiger partial charge in [0.15, 0.2) is 0 Å². The Hall–Kier alpha value is -0.610. The molecule has 1 N–H and O–H groups in total. The standard InChI is InChI=1S/C15H28N2O2/c1-11-5-6-13(15(18)19)14(9-11)17-8-4-7-16(3)10-12(17)2/h11-14H,4-10H2,1-3H3,(H,18,19). The summed E-state index contributed by atoms with van der Waals surface area (Å²) in [5.74, 6) is -0.0995. The number of carboxylic acid groups (broad SMARTS) is 1. The van der Waals surface area contributed by atoms with Crippen LogP contribution in [-0.4, -0.2) is 59.6 Å². The number of hydrogen-bond donors (Lipinski definition) is 1. The normalized spacial score (nSPS) is 38.9. The number of carbonyl (C=O) groups is 1. The Morgan fingerprint density at radius 2 is 1.95 bits per heavy atom. The van der Waals surface area contributed by atoms with Crippen LogP contribution in [-0.2, 0) is 4.79 Å². The highest BCUT2D eigenvalue weighted by molar-refractivity contribution is 5.71. The van der Waals surface area contributed by atoms with Crippen LogP contribution in [0.5, 0.6) is 0 Å². The minimum Gasteiger partial charge on any atom is -0.481 e. The number of hydrogen-bond acceptors (Lipinski definition) is 3. The van der Waals surface area contributed by atoms with Gasteiger partial charge in [-0.2, -0.15) is 0 Å². The molecule has 0 spiro atoms. The predicted octanol–water partition coefficient (Wildman–Crippen LogP) is 1.90. The third-order valence-corrected chi connectivity index (χ3v) is 4.92. The van der Waals surface area contributed by atoms with Gasteiger partial charge in [-0.3, -0.25) is 9.69 Å². The van der Waals surface area contributed by atoms with Gasteiger partial charge in [0.1, 0.15) is 0 Å². The SMILES string of the molecule is CC1CCC(C(=O)O)C(N2CCCN(C)CC2C)C1. The Morgan fingerprint density at radius 3 is 2.63 bits per heavy atom. The van der Waals surface area contributed by atoms with E-state index in [4.69, 9.17) is 0 Å². The minimum absolute atomic E-state index is 0.165. The van der Waals surface area contributed by atoms with E-state index < -0.39 is 5.97 Å². The van der Waals surface area contributed by atoms with E-state index in [1.165, 1.54) is 0 Å². The molecule has 1 aliphatic heterocycles. The molecule has 4 heteroatoms. The molecule has 19 heavy (non-hydrogen) atoms. The lowest BCUT2D eigenvalue weighted by atomic mass is 9.78. The Balaban J connectivity index is 2.13. The van der Waals surface area contributed by atoms with Gasteiger partial charge in [-0.25, -0.2) is 0 Å². The van der Waals surface area contributed by atoms with Crippen molar-refractivity contribution in [3.8, 4) is 0 Å². The summed E-state index contributed by atoms with van der Waals surface area (Å²) >= 11 is 0. The molecule has 4 nitrogen and oxygen atoms in total. The van der Waals surface area contributed by atoms with Crippen molar-refractivity contribution in [2.45, 2.75) is 51.6 Å². The predicted molar refractivity (Wildman–Crippen MR) is 76.2 cm³/mol. The highest BCUT2D eigenvalue weighted by atomic mass is 16.4. The molecule has 110 valence electrons. The fourth-order valence-corrected chi connectivity index (χ4v) is 3.89. The third kappa shape index (κ3) is 3.48. The van der Waals surface area contributed by atoms with Crippen molar-refractivity contribution in [1.29, 1.82) is 0 Å². The largest absolute Gasteiger partial charge is 0.481 e. The van der Waals surface area contributed by atoms with Crippen LogP contribution in [0.3, 0.4) is 0 Å². The monoisotopic (exact) mass is 268 g/mol. The minimum atomic E-state index is -0.596. The molecule has 0 amide bonds. The fraction of sp³-hybridized carbons (Fsp3) is 0.933. The van der Waals surface area contributed by atoms with E-state index in [-0.39, 0.29) is 12.0 Å². The number of aliphatic carboxylic acids is 1. The molecular weight excluding hydrogens is 240 g/mol. The van der Waals surface area contributed by atoms with Crippen molar-refractivity contribution >= 4 is 5.97 Å². The summed E-state index contributed by atoms with van der Waals surface area (Å²) in [6.07, 6.45) is 4.11. The van der Waals surface area contributed by atoms with Crippen LogP contribution in [0.1, 0.15) is 39.5 Å². The smallest absolute Gasteiger partial charge is 0.308 e. The van der Waals surface area contributed by atoms with E-state index in [1.54, 1.807) is 0 Å². The summed E-state index contributed by atoms with van der Waals surface area (Å²) in [5.41, 5.74) is 0. The van der Waals surface area contributed by atoms with E-state index in [0.29, 0.717) is 12.0 Å². The van der Waals surface area contributed by atoms with Gasteiger partial charge in [0.2, 0.25) is 0 Å². The topological polar surface area (TPSA) is 43.8 Å². The van der Waals surface area contributed by atoms with Crippen molar-refractivity contribution in [3.05, 3.63) is 0 Å². The number of carboxylic acids is 1. The molecule has 4 unspecified atom stereocenters. The molecule has 0 radical (unpaired) electrons. The fourth-order valence-electron chi connectivity index (χ4n) is 3.89. The van der Waals surface area contributed by atoms with Crippen LogP contribution in [0, 0.1) is 11.8 Å². The summed E-state index contributed by atoms with van der Waals surface area (Å²) in [7, 11) is 2.16. The second-order valence-electron chi connectivity index (χ2n) is 6.63. The Labute approximate surface area is 116 Å². The highest BCUT2D eigenvalue weighted by Crippen LogP contribution is 2.34. The van der Waals surface area contributed by atoms with Gasteiger partial charge in [-0.05, 0) is 52.1 Å². The van der Waals surface area contributed by atoms with Gasteiger partial charge in [0.25, 0.3) is 0 Å². The lowest BCUT2D eigenvalue weighted by molar-refractivity contribution is -0.146. The molecule has 1 heterocycles. The first-order valence-corrected chi connectivity index (χ1v) is 7.66. The number of nitrogens with zero attached hydrogens (tertiary/aromatic N) is 2. The maximum absolute atomic E-state index is 11.5. The van der Waals surface area contributed by atoms with Crippen LogP contribution >= 0.6 is 0 Å². The van der Waals surface area contributed by atoms with E-state index in [0.717, 1.165) is 45.3 Å². The average molecular weight is 268 g/mol. The van der Waals surface area contributed by atoms with Crippen LogP contribution in [0.25, 0.3) is 0 Å². The number of likely N-dealkylation sites (N-methyl/N-ethyl adjacent to an activating group) is 1. The van der Waals surface area contributed by atoms with Gasteiger partial charge in [-0.15, -0.1) is 0 Å². The maximum Gasteiger partial charge on any atom is 0.308 e. The van der Waals surface area contributed by atoms with Crippen LogP contribution in [0.15, 0.2) is 0 Å². The first-order chi connectivity index (χ1) is 8.99. The molecule has 0 aromatic rings. The number of rotatable bonds is 2. The van der Waals surface area contributed by atoms with Gasteiger partial charge in [0.05, 0.1) is 5.92 Å². The zero-order chi connectivity index (χ0) is 14.0. The van der Waals surface area contributed by atoms with E-state index in [1.807, 2.05) is 0 Å². The van der Waals surface area contributed by atoms with E-state index >= 15 is 0 Å². The Kier molecular flexibility index (Phi) is 4.85. The van der Waals surface area contributed by atoms with Crippen LogP contribution < -0.4 is 0 Å². The summed E-state index contributed by atoms with van der Waals surface area (Å²) < 4.78 is 0. The first kappa shape index (κ1) is 14.8. The van der Waals surface area contributed by atoms with Gasteiger partial charge in [0, 0.05) is 25.2 Å². The average Bonchev–Trinajstić information content (AvgIpc) is 2.49. The molecule has 1 saturated heterocycles. The molecule has 2 rings (SSSR count). The van der Waals surface area contributed by atoms with Crippen molar-refractivity contribution in [3.63, 3.8) is 0 Å². The van der Waals surface area contributed by atoms with Crippen molar-refractivity contribution in [2.75, 3.05) is 26.7 Å². The summed E-state index contributed by atoms with van der Waals surface area (Å²) in [6.45, 7) is 7.74. The molecule has 1 saturated carbocycles. The molecular formula is C15H28N2O2. The molecule has 1 aliphatic carbocycles. The highest BCUT2D eigenvalue weighted by Gasteiger charge is 2.39. The van der Waals surface area contributed by atoms with Gasteiger partial charge in [-0.1, -0.05) is 6.92 Å². The molecule has 0 aromatic heterocycles. The third-order valence-electron chi connectivity index (χ3n) is 4.92. The second kappa shape index (κ2) is 6.23. The lowest BCUT2D eigenvalue weighted by Crippen LogP contribution is -2.51. The summed E-state index contributed by atoms with van der Waals surface area (Å²) in [4.78, 5) is 16.4. The van der Waals surface area contributed by atoms with Crippen LogP contribution in [0.2, 0.25) is 0 Å². The summed E-state index contributed by atoms with van der Waals surface area (Å²) in [5, 5.41) is 9.50. The zero-order valence-corrected chi connectivity index (χ0v) is 12.5. The molecule has 2 aliphatic rings. The molecule has 0 aromatic carbocycles. The lowest BCUT2D eigenvalue weighted by Gasteiger charge is -2.42. The van der Waals surface area contributed by atoms with E-state index in [9.17, 15) is 9.90 Å². The van der Waals surface area contributed by atoms with Crippen molar-refractivity contribution < 1.29 is 9.90 Å². The summed E-state index contributed by atoms with van der Waals surface area (Å²) in [6, 6.07) is 0.701. The van der Waals surface area contributed by atoms with E-state index in [2.05, 4.69) is 30.7 Å². The van der Waals surface area contributed by atoms with Gasteiger partial charge < -0.3 is 10.0 Å². The van der Waals surface area contributed by atoms with Crippen molar-refractivity contribution in [2.24, 2.45) is 11.8 Å². The van der Waals surface area contributed by atoms with Crippen LogP contribution in [0.4, 0.5) is 0 Å². The zero-order valence-electron chi connectivity index (χ0n) is 12.5. The second-order valence-corrected chi connectivity index (χ2v) is 6.63. The Morgan fingerprint density at radius 1 is 1.21 bits per heavy atom. The molecule has 0 bridgehead atoms. The molecule has 4 atom stereocenters. The van der Waals surface area contributed by atoms with Crippen molar-refractivity contribution in [1.82, 2.24) is 9.80 Å². The molecule has 2 fully saturated rings.